The average molecular weight is 311 g/mol. The molecule has 120 valence electrons. The van der Waals surface area contributed by atoms with E-state index in [-0.39, 0.29) is 0 Å². The Kier molecular flexibility index (Phi) is 4.36. The molecule has 0 aliphatic heterocycles. The van der Waals surface area contributed by atoms with E-state index in [1.54, 1.807) is 6.33 Å². The molecule has 0 aliphatic rings. The molecule has 0 saturated heterocycles. The highest BCUT2D eigenvalue weighted by Crippen LogP contribution is 2.19. The van der Waals surface area contributed by atoms with E-state index >= 15 is 0 Å². The average Bonchev–Trinajstić information content (AvgIpc) is 2.93. The number of hydrogen-bond acceptors (Lipinski definition) is 6. The lowest BCUT2D eigenvalue weighted by Crippen LogP contribution is -2.08. The van der Waals surface area contributed by atoms with Crippen molar-refractivity contribution in [3.05, 3.63) is 35.9 Å². The topological polar surface area (TPSA) is 94.5 Å². The van der Waals surface area contributed by atoms with Crippen molar-refractivity contribution in [1.82, 2.24) is 24.5 Å². The highest BCUT2D eigenvalue weighted by atomic mass is 15.2. The number of nitrogen functional groups attached to an aromatic ring is 1. The van der Waals surface area contributed by atoms with Crippen LogP contribution in [0.2, 0.25) is 0 Å². The molecule has 0 spiro atoms. The quantitative estimate of drug-likeness (QED) is 0.679. The molecule has 0 aromatic carbocycles. The first-order valence-corrected chi connectivity index (χ1v) is 7.81. The highest BCUT2D eigenvalue weighted by Gasteiger charge is 2.11. The molecular formula is C16H21N7. The van der Waals surface area contributed by atoms with E-state index in [4.69, 9.17) is 5.73 Å². The molecule has 0 atom stereocenters. The van der Waals surface area contributed by atoms with Crippen molar-refractivity contribution in [2.75, 3.05) is 17.6 Å². The fraction of sp³-hybridized carbons (Fsp3) is 0.375. The normalized spacial score (nSPS) is 11.0. The van der Waals surface area contributed by atoms with Gasteiger partial charge in [0.05, 0.1) is 12.9 Å². The lowest BCUT2D eigenvalue weighted by molar-refractivity contribution is 0.804. The number of anilines is 2. The van der Waals surface area contributed by atoms with Gasteiger partial charge in [-0.3, -0.25) is 4.98 Å². The molecule has 3 aromatic rings. The Morgan fingerprint density at radius 1 is 1.22 bits per heavy atom. The van der Waals surface area contributed by atoms with Crippen molar-refractivity contribution in [1.29, 1.82) is 0 Å². The van der Waals surface area contributed by atoms with Crippen LogP contribution in [-0.2, 0) is 6.54 Å². The number of unbranched alkanes of at least 4 members (excludes halogenated alkanes) is 1. The Bertz CT molecular complexity index is 792. The first-order valence-electron chi connectivity index (χ1n) is 7.81. The fourth-order valence-electron chi connectivity index (χ4n) is 2.33. The summed E-state index contributed by atoms with van der Waals surface area (Å²) in [5, 5.41) is 3.21. The summed E-state index contributed by atoms with van der Waals surface area (Å²) in [6.45, 7) is 5.59. The fourth-order valence-corrected chi connectivity index (χ4v) is 2.33. The molecule has 0 fully saturated rings. The number of aromatic nitrogens is 5. The summed E-state index contributed by atoms with van der Waals surface area (Å²) in [4.78, 5) is 17.5. The van der Waals surface area contributed by atoms with E-state index < -0.39 is 0 Å². The largest absolute Gasteiger partial charge is 0.382 e. The molecule has 23 heavy (non-hydrogen) atoms. The van der Waals surface area contributed by atoms with E-state index in [1.807, 2.05) is 23.8 Å². The zero-order chi connectivity index (χ0) is 16.2. The smallest absolute Gasteiger partial charge is 0.226 e. The Morgan fingerprint density at radius 2 is 2.09 bits per heavy atom. The van der Waals surface area contributed by atoms with Gasteiger partial charge in [-0.1, -0.05) is 19.4 Å². The van der Waals surface area contributed by atoms with Crippen LogP contribution in [0.1, 0.15) is 31.0 Å². The lowest BCUT2D eigenvalue weighted by Gasteiger charge is -2.07. The Labute approximate surface area is 135 Å². The molecule has 0 aliphatic carbocycles. The second-order valence-corrected chi connectivity index (χ2v) is 5.57. The minimum absolute atomic E-state index is 0.398. The van der Waals surface area contributed by atoms with Crippen molar-refractivity contribution < 1.29 is 0 Å². The standard InChI is InChI=1S/C16H21N7/c1-3-4-7-18-16-21-14(17)13-15(22-16)23(10-20-13)9-12-6-5-11(2)19-8-12/h5-6,8,10H,3-4,7,9H2,1-2H3,(H3,17,18,21,22). The van der Waals surface area contributed by atoms with E-state index in [0.717, 1.165) is 36.3 Å². The second kappa shape index (κ2) is 6.60. The van der Waals surface area contributed by atoms with Gasteiger partial charge >= 0.3 is 0 Å². The molecule has 0 radical (unpaired) electrons. The predicted octanol–water partition coefficient (Wildman–Crippen LogP) is 2.37. The number of nitrogens with one attached hydrogen (secondary N) is 1. The number of aryl methyl sites for hydroxylation is 1. The zero-order valence-corrected chi connectivity index (χ0v) is 13.5. The van der Waals surface area contributed by atoms with Gasteiger partial charge in [-0.25, -0.2) is 4.98 Å². The van der Waals surface area contributed by atoms with Crippen molar-refractivity contribution >= 4 is 22.9 Å². The van der Waals surface area contributed by atoms with Crippen LogP contribution in [0.4, 0.5) is 11.8 Å². The van der Waals surface area contributed by atoms with Crippen LogP contribution in [0, 0.1) is 6.92 Å². The Hall–Kier alpha value is -2.70. The Morgan fingerprint density at radius 3 is 2.83 bits per heavy atom. The van der Waals surface area contributed by atoms with Crippen LogP contribution in [0.25, 0.3) is 11.2 Å². The van der Waals surface area contributed by atoms with Crippen molar-refractivity contribution in [3.8, 4) is 0 Å². The van der Waals surface area contributed by atoms with Crippen LogP contribution in [0.15, 0.2) is 24.7 Å². The SMILES string of the molecule is CCCCNc1nc(N)c2ncn(Cc3ccc(C)nc3)c2n1. The molecule has 3 rings (SSSR count). The molecule has 7 nitrogen and oxygen atoms in total. The maximum Gasteiger partial charge on any atom is 0.226 e. The third-order valence-electron chi connectivity index (χ3n) is 3.63. The van der Waals surface area contributed by atoms with E-state index in [0.29, 0.717) is 23.8 Å². The van der Waals surface area contributed by atoms with E-state index in [9.17, 15) is 0 Å². The number of nitrogens with zero attached hydrogens (tertiary/aromatic N) is 5. The van der Waals surface area contributed by atoms with Gasteiger partial charge in [0.25, 0.3) is 0 Å². The number of nitrogens with two attached hydrogens (primary N) is 1. The van der Waals surface area contributed by atoms with Gasteiger partial charge in [-0.15, -0.1) is 0 Å². The number of fused-ring (bicyclic) bond motifs is 1. The van der Waals surface area contributed by atoms with Crippen LogP contribution >= 0.6 is 0 Å². The van der Waals surface area contributed by atoms with Crippen molar-refractivity contribution in [2.45, 2.75) is 33.2 Å². The summed E-state index contributed by atoms with van der Waals surface area (Å²) in [5.41, 5.74) is 9.46. The number of hydrogen-bond donors (Lipinski definition) is 2. The van der Waals surface area contributed by atoms with Gasteiger partial charge in [0.2, 0.25) is 5.95 Å². The molecule has 3 aromatic heterocycles. The molecule has 3 heterocycles. The summed E-state index contributed by atoms with van der Waals surface area (Å²) >= 11 is 0. The first kappa shape index (κ1) is 15.2. The molecule has 0 saturated carbocycles. The van der Waals surface area contributed by atoms with E-state index in [2.05, 4.69) is 38.2 Å². The zero-order valence-electron chi connectivity index (χ0n) is 13.5. The van der Waals surface area contributed by atoms with Gasteiger partial charge in [0.1, 0.15) is 5.52 Å². The summed E-state index contributed by atoms with van der Waals surface area (Å²) in [5.74, 6) is 0.946. The number of rotatable bonds is 6. The van der Waals surface area contributed by atoms with Gasteiger partial charge < -0.3 is 15.6 Å². The Balaban J connectivity index is 1.89. The van der Waals surface area contributed by atoms with Gasteiger partial charge in [-0.2, -0.15) is 9.97 Å². The van der Waals surface area contributed by atoms with Crippen LogP contribution in [-0.4, -0.2) is 31.0 Å². The second-order valence-electron chi connectivity index (χ2n) is 5.57. The number of pyridine rings is 1. The summed E-state index contributed by atoms with van der Waals surface area (Å²) in [6, 6.07) is 4.05. The minimum Gasteiger partial charge on any atom is -0.382 e. The predicted molar refractivity (Wildman–Crippen MR) is 91.2 cm³/mol. The van der Waals surface area contributed by atoms with Crippen LogP contribution in [0.3, 0.4) is 0 Å². The maximum atomic E-state index is 6.01. The van der Waals surface area contributed by atoms with Gasteiger partial charge in [0, 0.05) is 18.4 Å². The van der Waals surface area contributed by atoms with Gasteiger partial charge in [-0.05, 0) is 25.0 Å². The number of imidazole rings is 1. The van der Waals surface area contributed by atoms with Crippen LogP contribution < -0.4 is 11.1 Å². The third-order valence-corrected chi connectivity index (χ3v) is 3.63. The van der Waals surface area contributed by atoms with E-state index in [1.165, 1.54) is 0 Å². The summed E-state index contributed by atoms with van der Waals surface area (Å²) < 4.78 is 1.96. The summed E-state index contributed by atoms with van der Waals surface area (Å²) in [7, 11) is 0. The molecule has 0 unspecified atom stereocenters. The maximum absolute atomic E-state index is 6.01. The molecule has 0 amide bonds. The third kappa shape index (κ3) is 3.39. The molecule has 0 bridgehead atoms. The molecule has 3 N–H and O–H groups in total. The molecule has 7 heteroatoms. The van der Waals surface area contributed by atoms with Crippen molar-refractivity contribution in [3.63, 3.8) is 0 Å². The van der Waals surface area contributed by atoms with Crippen LogP contribution in [0.5, 0.6) is 0 Å². The highest BCUT2D eigenvalue weighted by molar-refractivity contribution is 5.82. The first-order chi connectivity index (χ1) is 11.2. The monoisotopic (exact) mass is 311 g/mol. The minimum atomic E-state index is 0.398. The van der Waals surface area contributed by atoms with Crippen molar-refractivity contribution in [2.24, 2.45) is 0 Å². The van der Waals surface area contributed by atoms with Gasteiger partial charge in [0.15, 0.2) is 11.5 Å². The molecular weight excluding hydrogens is 290 g/mol. The summed E-state index contributed by atoms with van der Waals surface area (Å²) in [6.07, 6.45) is 5.79. The lowest BCUT2D eigenvalue weighted by atomic mass is 10.2.